The summed E-state index contributed by atoms with van der Waals surface area (Å²) < 4.78 is 0. The van der Waals surface area contributed by atoms with Crippen LogP contribution in [-0.4, -0.2) is 16.1 Å². The molecule has 3 nitrogen and oxygen atoms in total. The van der Waals surface area contributed by atoms with E-state index in [1.54, 1.807) is 24.4 Å². The second-order valence-electron chi connectivity index (χ2n) is 3.57. The smallest absolute Gasteiger partial charge is 0.335 e. The maximum absolute atomic E-state index is 10.8. The molecule has 0 bridgehead atoms. The fourth-order valence-electron chi connectivity index (χ4n) is 1.47. The molecule has 0 saturated heterocycles. The van der Waals surface area contributed by atoms with Gasteiger partial charge in [0.1, 0.15) is 0 Å². The molecule has 0 radical (unpaired) electrons. The van der Waals surface area contributed by atoms with Crippen LogP contribution in [0.25, 0.3) is 11.1 Å². The average Bonchev–Trinajstić information content (AvgIpc) is 2.30. The van der Waals surface area contributed by atoms with Crippen molar-refractivity contribution in [2.45, 2.75) is 6.92 Å². The van der Waals surface area contributed by atoms with Crippen LogP contribution >= 0.6 is 0 Å². The summed E-state index contributed by atoms with van der Waals surface area (Å²) >= 11 is 0. The van der Waals surface area contributed by atoms with Crippen molar-refractivity contribution in [1.82, 2.24) is 4.98 Å². The van der Waals surface area contributed by atoms with E-state index in [0.717, 1.165) is 16.8 Å². The number of nitrogens with zero attached hydrogens (tertiary/aromatic N) is 1. The van der Waals surface area contributed by atoms with Crippen LogP contribution < -0.4 is 0 Å². The lowest BCUT2D eigenvalue weighted by Gasteiger charge is -2.02. The van der Waals surface area contributed by atoms with E-state index in [2.05, 4.69) is 4.98 Å². The highest BCUT2D eigenvalue weighted by Gasteiger charge is 2.04. The zero-order valence-corrected chi connectivity index (χ0v) is 8.84. The Morgan fingerprint density at radius 1 is 1.19 bits per heavy atom. The first-order valence-electron chi connectivity index (χ1n) is 4.93. The monoisotopic (exact) mass is 213 g/mol. The molecule has 0 fully saturated rings. The van der Waals surface area contributed by atoms with E-state index in [9.17, 15) is 4.79 Å². The minimum absolute atomic E-state index is 0.290. The summed E-state index contributed by atoms with van der Waals surface area (Å²) in [4.78, 5) is 15.0. The third-order valence-corrected chi connectivity index (χ3v) is 2.35. The molecule has 0 aliphatic heterocycles. The van der Waals surface area contributed by atoms with Gasteiger partial charge >= 0.3 is 5.97 Å². The van der Waals surface area contributed by atoms with Gasteiger partial charge in [-0.05, 0) is 30.7 Å². The van der Waals surface area contributed by atoms with E-state index >= 15 is 0 Å². The van der Waals surface area contributed by atoms with Crippen LogP contribution in [0.15, 0.2) is 42.6 Å². The quantitative estimate of drug-likeness (QED) is 0.834. The van der Waals surface area contributed by atoms with Gasteiger partial charge in [-0.1, -0.05) is 18.2 Å². The highest BCUT2D eigenvalue weighted by Crippen LogP contribution is 2.19. The summed E-state index contributed by atoms with van der Waals surface area (Å²) in [7, 11) is 0. The average molecular weight is 213 g/mol. The first-order valence-corrected chi connectivity index (χ1v) is 4.93. The van der Waals surface area contributed by atoms with E-state index in [1.807, 2.05) is 25.1 Å². The van der Waals surface area contributed by atoms with Gasteiger partial charge in [0, 0.05) is 17.5 Å². The molecule has 3 heteroatoms. The van der Waals surface area contributed by atoms with Gasteiger partial charge in [0.15, 0.2) is 0 Å². The molecular formula is C13H11NO2. The lowest BCUT2D eigenvalue weighted by molar-refractivity contribution is 0.0697. The Bertz CT molecular complexity index is 518. The molecule has 1 aromatic carbocycles. The van der Waals surface area contributed by atoms with Crippen molar-refractivity contribution in [2.24, 2.45) is 0 Å². The van der Waals surface area contributed by atoms with Gasteiger partial charge < -0.3 is 5.11 Å². The second-order valence-corrected chi connectivity index (χ2v) is 3.57. The SMILES string of the molecule is Cc1ccc(-c2cccc(C(=O)O)c2)cn1. The molecule has 1 heterocycles. The Kier molecular flexibility index (Phi) is 2.68. The first-order chi connectivity index (χ1) is 7.66. The number of rotatable bonds is 2. The Morgan fingerprint density at radius 2 is 2.00 bits per heavy atom. The number of aromatic carboxylic acids is 1. The summed E-state index contributed by atoms with van der Waals surface area (Å²) in [5.74, 6) is -0.915. The van der Waals surface area contributed by atoms with Gasteiger partial charge in [0.2, 0.25) is 0 Å². The molecule has 16 heavy (non-hydrogen) atoms. The fraction of sp³-hybridized carbons (Fsp3) is 0.0769. The number of carbonyl (C=O) groups is 1. The zero-order valence-electron chi connectivity index (χ0n) is 8.84. The molecule has 0 spiro atoms. The van der Waals surface area contributed by atoms with Crippen LogP contribution in [0, 0.1) is 6.92 Å². The molecule has 2 aromatic rings. The minimum Gasteiger partial charge on any atom is -0.478 e. The van der Waals surface area contributed by atoms with E-state index in [1.165, 1.54) is 0 Å². The predicted octanol–water partition coefficient (Wildman–Crippen LogP) is 2.76. The van der Waals surface area contributed by atoms with Crippen molar-refractivity contribution in [3.8, 4) is 11.1 Å². The molecule has 0 unspecified atom stereocenters. The highest BCUT2D eigenvalue weighted by atomic mass is 16.4. The topological polar surface area (TPSA) is 50.2 Å². The number of aryl methyl sites for hydroxylation is 1. The molecule has 0 aliphatic carbocycles. The summed E-state index contributed by atoms with van der Waals surface area (Å²) in [5, 5.41) is 8.88. The maximum atomic E-state index is 10.8. The molecule has 0 saturated carbocycles. The number of hydrogen-bond donors (Lipinski definition) is 1. The van der Waals surface area contributed by atoms with Crippen LogP contribution in [0.5, 0.6) is 0 Å². The molecule has 0 amide bonds. The molecule has 0 atom stereocenters. The van der Waals surface area contributed by atoms with E-state index < -0.39 is 5.97 Å². The Hall–Kier alpha value is -2.16. The summed E-state index contributed by atoms with van der Waals surface area (Å²) in [6, 6.07) is 10.7. The Labute approximate surface area is 93.4 Å². The van der Waals surface area contributed by atoms with Crippen LogP contribution in [0.2, 0.25) is 0 Å². The zero-order chi connectivity index (χ0) is 11.5. The molecular weight excluding hydrogens is 202 g/mol. The molecule has 80 valence electrons. The standard InChI is InChI=1S/C13H11NO2/c1-9-5-6-12(8-14-9)10-3-2-4-11(7-10)13(15)16/h2-8H,1H3,(H,15,16). The second kappa shape index (κ2) is 4.14. The Balaban J connectivity index is 2.44. The first kappa shape index (κ1) is 10.4. The van der Waals surface area contributed by atoms with Gasteiger partial charge in [-0.25, -0.2) is 4.79 Å². The van der Waals surface area contributed by atoms with Crippen molar-refractivity contribution in [3.63, 3.8) is 0 Å². The van der Waals surface area contributed by atoms with Crippen LogP contribution in [-0.2, 0) is 0 Å². The number of carboxylic acids is 1. The summed E-state index contributed by atoms with van der Waals surface area (Å²) in [5.41, 5.74) is 3.03. The number of pyridine rings is 1. The fourth-order valence-corrected chi connectivity index (χ4v) is 1.47. The third-order valence-electron chi connectivity index (χ3n) is 2.35. The molecule has 2 rings (SSSR count). The molecule has 0 aliphatic rings. The van der Waals surface area contributed by atoms with Gasteiger partial charge in [0.25, 0.3) is 0 Å². The van der Waals surface area contributed by atoms with Crippen molar-refractivity contribution in [1.29, 1.82) is 0 Å². The Morgan fingerprint density at radius 3 is 2.62 bits per heavy atom. The van der Waals surface area contributed by atoms with Gasteiger partial charge in [-0.15, -0.1) is 0 Å². The van der Waals surface area contributed by atoms with E-state index in [-0.39, 0.29) is 5.56 Å². The van der Waals surface area contributed by atoms with Gasteiger partial charge in [0.05, 0.1) is 5.56 Å². The van der Waals surface area contributed by atoms with Crippen LogP contribution in [0.4, 0.5) is 0 Å². The van der Waals surface area contributed by atoms with Crippen molar-refractivity contribution >= 4 is 5.97 Å². The molecule has 1 N–H and O–H groups in total. The third kappa shape index (κ3) is 2.08. The van der Waals surface area contributed by atoms with Crippen molar-refractivity contribution in [2.75, 3.05) is 0 Å². The van der Waals surface area contributed by atoms with Crippen molar-refractivity contribution < 1.29 is 9.90 Å². The predicted molar refractivity (Wildman–Crippen MR) is 61.4 cm³/mol. The lowest BCUT2D eigenvalue weighted by Crippen LogP contribution is -1.95. The number of benzene rings is 1. The van der Waals surface area contributed by atoms with Crippen LogP contribution in [0.3, 0.4) is 0 Å². The minimum atomic E-state index is -0.915. The van der Waals surface area contributed by atoms with Gasteiger partial charge in [-0.2, -0.15) is 0 Å². The lowest BCUT2D eigenvalue weighted by atomic mass is 10.0. The number of aromatic nitrogens is 1. The highest BCUT2D eigenvalue weighted by molar-refractivity contribution is 5.89. The normalized spacial score (nSPS) is 10.1. The largest absolute Gasteiger partial charge is 0.478 e. The summed E-state index contributed by atoms with van der Waals surface area (Å²) in [6.45, 7) is 1.91. The van der Waals surface area contributed by atoms with Crippen molar-refractivity contribution in [3.05, 3.63) is 53.9 Å². The van der Waals surface area contributed by atoms with Gasteiger partial charge in [-0.3, -0.25) is 4.98 Å². The summed E-state index contributed by atoms with van der Waals surface area (Å²) in [6.07, 6.45) is 1.75. The molecule has 1 aromatic heterocycles. The van der Waals surface area contributed by atoms with E-state index in [4.69, 9.17) is 5.11 Å². The maximum Gasteiger partial charge on any atom is 0.335 e. The van der Waals surface area contributed by atoms with E-state index in [0.29, 0.717) is 0 Å². The number of hydrogen-bond acceptors (Lipinski definition) is 2. The van der Waals surface area contributed by atoms with Crippen LogP contribution in [0.1, 0.15) is 16.1 Å². The number of carboxylic acid groups (broad SMARTS) is 1.